The van der Waals surface area contributed by atoms with Crippen LogP contribution in [0.15, 0.2) is 22.8 Å². The highest BCUT2D eigenvalue weighted by Gasteiger charge is 2.42. The summed E-state index contributed by atoms with van der Waals surface area (Å²) in [5, 5.41) is 3.59. The molecule has 2 heteroatoms. The summed E-state index contributed by atoms with van der Waals surface area (Å²) in [6.45, 7) is 6.77. The fraction of sp³-hybridized carbons (Fsp3) is 0.667. The molecule has 0 amide bonds. The Morgan fingerprint density at radius 1 is 1.43 bits per heavy atom. The highest BCUT2D eigenvalue weighted by molar-refractivity contribution is 5.05. The lowest BCUT2D eigenvalue weighted by molar-refractivity contribution is 0.324. The number of hydrogen-bond acceptors (Lipinski definition) is 2. The molecule has 78 valence electrons. The second-order valence-corrected chi connectivity index (χ2v) is 4.78. The number of furan rings is 1. The van der Waals surface area contributed by atoms with Gasteiger partial charge in [0.05, 0.1) is 12.3 Å². The van der Waals surface area contributed by atoms with Gasteiger partial charge in [0.1, 0.15) is 5.76 Å². The molecule has 1 saturated carbocycles. The number of nitrogens with one attached hydrogen (secondary N) is 1. The summed E-state index contributed by atoms with van der Waals surface area (Å²) >= 11 is 0. The minimum atomic E-state index is 0.317. The first-order chi connectivity index (χ1) is 6.62. The zero-order valence-electron chi connectivity index (χ0n) is 9.21. The largest absolute Gasteiger partial charge is 0.468 e. The molecule has 2 atom stereocenters. The summed E-state index contributed by atoms with van der Waals surface area (Å²) in [4.78, 5) is 0. The quantitative estimate of drug-likeness (QED) is 0.794. The predicted molar refractivity (Wildman–Crippen MR) is 57.1 cm³/mol. The topological polar surface area (TPSA) is 25.2 Å². The predicted octanol–water partition coefficient (Wildman–Crippen LogP) is 3.12. The van der Waals surface area contributed by atoms with Crippen LogP contribution in [0.25, 0.3) is 0 Å². The highest BCUT2D eigenvalue weighted by Crippen LogP contribution is 2.48. The average Bonchev–Trinajstić information content (AvgIpc) is 2.71. The van der Waals surface area contributed by atoms with Gasteiger partial charge >= 0.3 is 0 Å². The van der Waals surface area contributed by atoms with Gasteiger partial charge in [-0.05, 0) is 44.2 Å². The van der Waals surface area contributed by atoms with Crippen molar-refractivity contribution in [2.24, 2.45) is 5.41 Å². The van der Waals surface area contributed by atoms with Crippen molar-refractivity contribution in [2.45, 2.75) is 45.7 Å². The van der Waals surface area contributed by atoms with Crippen molar-refractivity contribution in [3.8, 4) is 0 Å². The van der Waals surface area contributed by atoms with Crippen LogP contribution in [0.3, 0.4) is 0 Å². The van der Waals surface area contributed by atoms with Gasteiger partial charge in [-0.15, -0.1) is 0 Å². The van der Waals surface area contributed by atoms with Crippen molar-refractivity contribution in [3.05, 3.63) is 24.2 Å². The smallest absolute Gasteiger partial charge is 0.120 e. The molecule has 1 fully saturated rings. The zero-order valence-corrected chi connectivity index (χ0v) is 9.21. The lowest BCUT2D eigenvalue weighted by Crippen LogP contribution is -2.35. The van der Waals surface area contributed by atoms with E-state index in [4.69, 9.17) is 4.42 Å². The molecule has 1 aliphatic rings. The standard InChI is InChI=1S/C12H19NO/c1-9(11-5-4-8-14-11)13-10(2)12(3)6-7-12/h4-5,8-10,13H,6-7H2,1-3H3. The highest BCUT2D eigenvalue weighted by atomic mass is 16.3. The average molecular weight is 193 g/mol. The van der Waals surface area contributed by atoms with Crippen LogP contribution in [-0.2, 0) is 0 Å². The minimum Gasteiger partial charge on any atom is -0.468 e. The Bertz CT molecular complexity index is 287. The van der Waals surface area contributed by atoms with E-state index in [2.05, 4.69) is 26.1 Å². The van der Waals surface area contributed by atoms with Crippen LogP contribution in [-0.4, -0.2) is 6.04 Å². The number of hydrogen-bond donors (Lipinski definition) is 1. The van der Waals surface area contributed by atoms with Crippen molar-refractivity contribution in [3.63, 3.8) is 0 Å². The van der Waals surface area contributed by atoms with E-state index >= 15 is 0 Å². The summed E-state index contributed by atoms with van der Waals surface area (Å²) in [5.41, 5.74) is 0.529. The van der Waals surface area contributed by atoms with Crippen LogP contribution in [0.5, 0.6) is 0 Å². The molecule has 1 aromatic heterocycles. The molecule has 1 heterocycles. The Labute approximate surface area is 85.7 Å². The maximum Gasteiger partial charge on any atom is 0.120 e. The summed E-state index contributed by atoms with van der Waals surface area (Å²) in [6, 6.07) is 4.86. The van der Waals surface area contributed by atoms with Gasteiger partial charge in [-0.3, -0.25) is 0 Å². The molecule has 0 aromatic carbocycles. The Kier molecular flexibility index (Phi) is 2.40. The van der Waals surface area contributed by atoms with E-state index in [-0.39, 0.29) is 0 Å². The molecule has 1 aliphatic carbocycles. The normalized spacial score (nSPS) is 23.1. The summed E-state index contributed by atoms with van der Waals surface area (Å²) in [5.74, 6) is 1.03. The van der Waals surface area contributed by atoms with E-state index in [0.29, 0.717) is 17.5 Å². The first-order valence-corrected chi connectivity index (χ1v) is 5.41. The van der Waals surface area contributed by atoms with E-state index in [1.807, 2.05) is 12.1 Å². The molecule has 0 aliphatic heterocycles. The van der Waals surface area contributed by atoms with Crippen LogP contribution in [0.4, 0.5) is 0 Å². The summed E-state index contributed by atoms with van der Waals surface area (Å²) in [7, 11) is 0. The maximum atomic E-state index is 5.37. The van der Waals surface area contributed by atoms with Crippen molar-refractivity contribution >= 4 is 0 Å². The third kappa shape index (κ3) is 1.85. The first kappa shape index (κ1) is 9.78. The molecular formula is C12H19NO. The van der Waals surface area contributed by atoms with Crippen molar-refractivity contribution in [1.29, 1.82) is 0 Å². The third-order valence-corrected chi connectivity index (χ3v) is 3.55. The maximum absolute atomic E-state index is 5.37. The zero-order chi connectivity index (χ0) is 10.2. The Balaban J connectivity index is 1.91. The molecule has 0 saturated heterocycles. The second kappa shape index (κ2) is 3.43. The van der Waals surface area contributed by atoms with Crippen LogP contribution >= 0.6 is 0 Å². The number of rotatable bonds is 4. The van der Waals surface area contributed by atoms with E-state index < -0.39 is 0 Å². The van der Waals surface area contributed by atoms with E-state index in [1.165, 1.54) is 12.8 Å². The minimum absolute atomic E-state index is 0.317. The van der Waals surface area contributed by atoms with Crippen LogP contribution in [0, 0.1) is 5.41 Å². The molecule has 1 aromatic rings. The van der Waals surface area contributed by atoms with Crippen LogP contribution in [0.1, 0.15) is 45.4 Å². The molecule has 0 spiro atoms. The van der Waals surface area contributed by atoms with Gasteiger partial charge in [-0.2, -0.15) is 0 Å². The fourth-order valence-corrected chi connectivity index (χ4v) is 1.83. The molecule has 14 heavy (non-hydrogen) atoms. The van der Waals surface area contributed by atoms with Crippen molar-refractivity contribution in [1.82, 2.24) is 5.32 Å². The Morgan fingerprint density at radius 3 is 2.64 bits per heavy atom. The fourth-order valence-electron chi connectivity index (χ4n) is 1.83. The van der Waals surface area contributed by atoms with E-state index in [1.54, 1.807) is 6.26 Å². The van der Waals surface area contributed by atoms with E-state index in [9.17, 15) is 0 Å². The van der Waals surface area contributed by atoms with Gasteiger partial charge in [0.15, 0.2) is 0 Å². The summed E-state index contributed by atoms with van der Waals surface area (Å²) in [6.07, 6.45) is 4.44. The van der Waals surface area contributed by atoms with Crippen LogP contribution in [0.2, 0.25) is 0 Å². The molecule has 2 nitrogen and oxygen atoms in total. The van der Waals surface area contributed by atoms with Crippen molar-refractivity contribution in [2.75, 3.05) is 0 Å². The molecule has 2 rings (SSSR count). The summed E-state index contributed by atoms with van der Waals surface area (Å²) < 4.78 is 5.37. The molecule has 0 bridgehead atoms. The molecule has 2 unspecified atom stereocenters. The van der Waals surface area contributed by atoms with E-state index in [0.717, 1.165) is 5.76 Å². The second-order valence-electron chi connectivity index (χ2n) is 4.78. The van der Waals surface area contributed by atoms with Gasteiger partial charge in [0.25, 0.3) is 0 Å². The van der Waals surface area contributed by atoms with Gasteiger partial charge < -0.3 is 9.73 Å². The van der Waals surface area contributed by atoms with Gasteiger partial charge in [0.2, 0.25) is 0 Å². The van der Waals surface area contributed by atoms with Gasteiger partial charge in [0, 0.05) is 6.04 Å². The van der Waals surface area contributed by atoms with Crippen molar-refractivity contribution < 1.29 is 4.42 Å². The third-order valence-electron chi connectivity index (χ3n) is 3.55. The SMILES string of the molecule is CC(NC(C)C1(C)CC1)c1ccco1. The molecule has 1 N–H and O–H groups in total. The van der Waals surface area contributed by atoms with Crippen LogP contribution < -0.4 is 5.32 Å². The first-order valence-electron chi connectivity index (χ1n) is 5.41. The monoisotopic (exact) mass is 193 g/mol. The van der Waals surface area contributed by atoms with Gasteiger partial charge in [-0.25, -0.2) is 0 Å². The lowest BCUT2D eigenvalue weighted by atomic mass is 10.00. The molecular weight excluding hydrogens is 174 g/mol. The lowest BCUT2D eigenvalue weighted by Gasteiger charge is -2.23. The molecule has 0 radical (unpaired) electrons. The Morgan fingerprint density at radius 2 is 2.14 bits per heavy atom. The Hall–Kier alpha value is -0.760. The van der Waals surface area contributed by atoms with Gasteiger partial charge in [-0.1, -0.05) is 6.92 Å².